The van der Waals surface area contributed by atoms with Crippen LogP contribution in [0, 0.1) is 0 Å². The number of nitrogens with one attached hydrogen (secondary N) is 1. The molecule has 6 heteroatoms. The molecule has 1 N–H and O–H groups in total. The van der Waals surface area contributed by atoms with Crippen molar-refractivity contribution in [3.05, 3.63) is 36.7 Å². The number of aromatic nitrogens is 4. The predicted octanol–water partition coefficient (Wildman–Crippen LogP) is 0.932. The van der Waals surface area contributed by atoms with Crippen LogP contribution in [-0.4, -0.2) is 33.5 Å². The lowest BCUT2D eigenvalue weighted by Gasteiger charge is -2.02. The quantitative estimate of drug-likeness (QED) is 0.804. The maximum atomic E-state index is 4.99. The van der Waals surface area contributed by atoms with Gasteiger partial charge in [0.05, 0.1) is 37.3 Å². The molecule has 6 nitrogen and oxygen atoms in total. The Kier molecular flexibility index (Phi) is 4.04. The molecule has 0 atom stereocenters. The van der Waals surface area contributed by atoms with E-state index < -0.39 is 0 Å². The predicted molar refractivity (Wildman–Crippen MR) is 63.5 cm³/mol. The molecule has 0 amide bonds. The fourth-order valence-electron chi connectivity index (χ4n) is 1.38. The lowest BCUT2D eigenvalue weighted by Crippen LogP contribution is -2.04. The monoisotopic (exact) mass is 233 g/mol. The van der Waals surface area contributed by atoms with E-state index in [4.69, 9.17) is 4.74 Å². The normalized spacial score (nSPS) is 10.4. The number of methoxy groups -OCH3 is 1. The lowest BCUT2D eigenvalue weighted by molar-refractivity contribution is 0.183. The summed E-state index contributed by atoms with van der Waals surface area (Å²) >= 11 is 0. The van der Waals surface area contributed by atoms with Gasteiger partial charge in [-0.15, -0.1) is 0 Å². The van der Waals surface area contributed by atoms with Gasteiger partial charge in [0.1, 0.15) is 6.33 Å². The highest BCUT2D eigenvalue weighted by Crippen LogP contribution is 2.06. The van der Waals surface area contributed by atoms with E-state index in [1.165, 1.54) is 0 Å². The third-order valence-electron chi connectivity index (χ3n) is 2.27. The average Bonchev–Trinajstić information content (AvgIpc) is 2.83. The Morgan fingerprint density at radius 1 is 1.47 bits per heavy atom. The topological polar surface area (TPSA) is 64.9 Å². The molecule has 0 saturated carbocycles. The Labute approximate surface area is 99.7 Å². The van der Waals surface area contributed by atoms with Crippen molar-refractivity contribution in [2.24, 2.45) is 0 Å². The molecule has 0 aliphatic heterocycles. The van der Waals surface area contributed by atoms with Crippen LogP contribution in [0.2, 0.25) is 0 Å². The minimum atomic E-state index is 0.660. The van der Waals surface area contributed by atoms with E-state index >= 15 is 0 Å². The first-order valence-corrected chi connectivity index (χ1v) is 5.38. The Hall–Kier alpha value is -1.95. The summed E-state index contributed by atoms with van der Waals surface area (Å²) in [5, 5.41) is 7.45. The first kappa shape index (κ1) is 11.5. The Morgan fingerprint density at radius 2 is 2.41 bits per heavy atom. The minimum absolute atomic E-state index is 0.660. The third-order valence-corrected chi connectivity index (χ3v) is 2.27. The van der Waals surface area contributed by atoms with E-state index in [2.05, 4.69) is 20.4 Å². The molecule has 0 aliphatic carbocycles. The Balaban J connectivity index is 1.85. The van der Waals surface area contributed by atoms with Gasteiger partial charge >= 0.3 is 0 Å². The molecule has 0 aromatic carbocycles. The smallest absolute Gasteiger partial charge is 0.115 e. The zero-order valence-electron chi connectivity index (χ0n) is 9.71. The molecule has 2 aromatic heterocycles. The van der Waals surface area contributed by atoms with Crippen molar-refractivity contribution in [3.63, 3.8) is 0 Å². The third kappa shape index (κ3) is 3.53. The van der Waals surface area contributed by atoms with Gasteiger partial charge in [0.25, 0.3) is 0 Å². The maximum Gasteiger partial charge on any atom is 0.115 e. The molecule has 17 heavy (non-hydrogen) atoms. The number of hydrogen-bond acceptors (Lipinski definition) is 5. The molecule has 0 aliphatic rings. The molecule has 0 bridgehead atoms. The van der Waals surface area contributed by atoms with E-state index in [9.17, 15) is 0 Å². The second-order valence-electron chi connectivity index (χ2n) is 3.54. The average molecular weight is 233 g/mol. The first-order chi connectivity index (χ1) is 8.38. The van der Waals surface area contributed by atoms with Gasteiger partial charge in [-0.2, -0.15) is 5.10 Å². The van der Waals surface area contributed by atoms with Gasteiger partial charge in [0.15, 0.2) is 0 Å². The summed E-state index contributed by atoms with van der Waals surface area (Å²) in [7, 11) is 1.68. The van der Waals surface area contributed by atoms with Crippen LogP contribution in [0.15, 0.2) is 31.0 Å². The zero-order valence-corrected chi connectivity index (χ0v) is 9.71. The van der Waals surface area contributed by atoms with E-state index in [0.29, 0.717) is 13.2 Å². The number of nitrogens with zero attached hydrogens (tertiary/aromatic N) is 4. The minimum Gasteiger partial charge on any atom is -0.383 e. The number of rotatable bonds is 6. The first-order valence-electron chi connectivity index (χ1n) is 5.38. The fraction of sp³-hybridized carbons (Fsp3) is 0.364. The van der Waals surface area contributed by atoms with Crippen molar-refractivity contribution in [1.82, 2.24) is 19.7 Å². The van der Waals surface area contributed by atoms with Gasteiger partial charge in [0.2, 0.25) is 0 Å². The highest BCUT2D eigenvalue weighted by molar-refractivity contribution is 5.38. The number of hydrogen-bond donors (Lipinski definition) is 1. The van der Waals surface area contributed by atoms with Crippen molar-refractivity contribution in [2.75, 3.05) is 19.0 Å². The van der Waals surface area contributed by atoms with E-state index in [-0.39, 0.29) is 0 Å². The van der Waals surface area contributed by atoms with E-state index in [1.807, 2.05) is 16.9 Å². The van der Waals surface area contributed by atoms with Crippen LogP contribution < -0.4 is 5.32 Å². The number of anilines is 1. The summed E-state index contributed by atoms with van der Waals surface area (Å²) in [5.74, 6) is 0. The molecule has 2 heterocycles. The molecular formula is C11H15N5O. The van der Waals surface area contributed by atoms with Crippen LogP contribution in [0.4, 0.5) is 5.69 Å². The van der Waals surface area contributed by atoms with Gasteiger partial charge in [-0.3, -0.25) is 4.68 Å². The summed E-state index contributed by atoms with van der Waals surface area (Å²) in [4.78, 5) is 8.00. The van der Waals surface area contributed by atoms with E-state index in [1.54, 1.807) is 25.8 Å². The molecule has 2 rings (SSSR count). The Morgan fingerprint density at radius 3 is 3.18 bits per heavy atom. The van der Waals surface area contributed by atoms with Gasteiger partial charge in [0, 0.05) is 19.5 Å². The van der Waals surface area contributed by atoms with Crippen LogP contribution >= 0.6 is 0 Å². The highest BCUT2D eigenvalue weighted by atomic mass is 16.5. The van der Waals surface area contributed by atoms with Gasteiger partial charge in [-0.05, 0) is 6.07 Å². The van der Waals surface area contributed by atoms with Crippen LogP contribution in [0.1, 0.15) is 5.69 Å². The molecule has 0 radical (unpaired) electrons. The van der Waals surface area contributed by atoms with Gasteiger partial charge in [-0.25, -0.2) is 9.97 Å². The molecule has 2 aromatic rings. The van der Waals surface area contributed by atoms with Crippen molar-refractivity contribution in [2.45, 2.75) is 13.1 Å². The summed E-state index contributed by atoms with van der Waals surface area (Å²) in [6.45, 7) is 2.08. The van der Waals surface area contributed by atoms with E-state index in [0.717, 1.165) is 17.9 Å². The van der Waals surface area contributed by atoms with Gasteiger partial charge in [-0.1, -0.05) is 0 Å². The summed E-state index contributed by atoms with van der Waals surface area (Å²) < 4.78 is 6.83. The van der Waals surface area contributed by atoms with Crippen molar-refractivity contribution >= 4 is 5.69 Å². The zero-order chi connectivity index (χ0) is 11.9. The summed E-state index contributed by atoms with van der Waals surface area (Å²) in [5.41, 5.74) is 1.92. The second-order valence-corrected chi connectivity index (χ2v) is 3.54. The number of ether oxygens (including phenoxy) is 1. The summed E-state index contributed by atoms with van der Waals surface area (Å²) in [6.07, 6.45) is 7.00. The molecule has 0 spiro atoms. The summed E-state index contributed by atoms with van der Waals surface area (Å²) in [6, 6.07) is 1.88. The van der Waals surface area contributed by atoms with Gasteiger partial charge < -0.3 is 10.1 Å². The van der Waals surface area contributed by atoms with Crippen LogP contribution in [0.25, 0.3) is 0 Å². The maximum absolute atomic E-state index is 4.99. The molecular weight excluding hydrogens is 218 g/mol. The highest BCUT2D eigenvalue weighted by Gasteiger charge is 1.98. The molecule has 0 saturated heterocycles. The standard InChI is InChI=1S/C11H15N5O/c1-17-5-4-16-8-11(7-15-16)13-6-10-2-3-12-9-14-10/h2-3,7-9,13H,4-6H2,1H3. The van der Waals surface area contributed by atoms with Crippen LogP contribution in [-0.2, 0) is 17.8 Å². The Bertz CT molecular complexity index is 442. The van der Waals surface area contributed by atoms with Crippen molar-refractivity contribution < 1.29 is 4.74 Å². The van der Waals surface area contributed by atoms with Crippen molar-refractivity contribution in [1.29, 1.82) is 0 Å². The van der Waals surface area contributed by atoms with Crippen molar-refractivity contribution in [3.8, 4) is 0 Å². The molecule has 90 valence electrons. The van der Waals surface area contributed by atoms with Crippen LogP contribution in [0.5, 0.6) is 0 Å². The second kappa shape index (κ2) is 5.95. The molecule has 0 unspecified atom stereocenters. The van der Waals surface area contributed by atoms with Crippen LogP contribution in [0.3, 0.4) is 0 Å². The molecule has 0 fully saturated rings. The lowest BCUT2D eigenvalue weighted by atomic mass is 10.4. The SMILES string of the molecule is COCCn1cc(NCc2ccncn2)cn1. The fourth-order valence-corrected chi connectivity index (χ4v) is 1.38. The largest absolute Gasteiger partial charge is 0.383 e.